The third kappa shape index (κ3) is 3.16. The lowest BCUT2D eigenvalue weighted by molar-refractivity contribution is -0.137. The van der Waals surface area contributed by atoms with Crippen LogP contribution in [0.2, 0.25) is 10.0 Å². The number of anilines is 1. The van der Waals surface area contributed by atoms with Crippen LogP contribution in [0.25, 0.3) is 11.3 Å². The monoisotopic (exact) mass is 320 g/mol. The van der Waals surface area contributed by atoms with Gasteiger partial charge in [0.1, 0.15) is 5.82 Å². The standard InChI is InChI=1S/C13H9Cl2F3N2/c1-19-12-5-7(13(16,17)18)4-11(20-12)9-3-2-8(14)6-10(9)15/h2-6H,1H3,(H,19,20). The maximum absolute atomic E-state index is 12.9. The van der Waals surface area contributed by atoms with Crippen molar-refractivity contribution in [2.24, 2.45) is 0 Å². The average Bonchev–Trinajstić information content (AvgIpc) is 2.37. The zero-order valence-electron chi connectivity index (χ0n) is 10.2. The zero-order valence-corrected chi connectivity index (χ0v) is 11.7. The van der Waals surface area contributed by atoms with Crippen LogP contribution in [0, 0.1) is 0 Å². The van der Waals surface area contributed by atoms with Crippen LogP contribution in [0.3, 0.4) is 0 Å². The average molecular weight is 321 g/mol. The molecule has 20 heavy (non-hydrogen) atoms. The van der Waals surface area contributed by atoms with Gasteiger partial charge >= 0.3 is 6.18 Å². The fourth-order valence-electron chi connectivity index (χ4n) is 1.66. The number of hydrogen-bond donors (Lipinski definition) is 1. The van der Waals surface area contributed by atoms with E-state index >= 15 is 0 Å². The molecule has 0 fully saturated rings. The normalized spacial score (nSPS) is 11.5. The van der Waals surface area contributed by atoms with Gasteiger partial charge < -0.3 is 5.32 Å². The summed E-state index contributed by atoms with van der Waals surface area (Å²) in [5.74, 6) is 0.112. The zero-order chi connectivity index (χ0) is 14.9. The highest BCUT2D eigenvalue weighted by atomic mass is 35.5. The molecule has 106 valence electrons. The summed E-state index contributed by atoms with van der Waals surface area (Å²) < 4.78 is 38.6. The second kappa shape index (κ2) is 5.50. The van der Waals surface area contributed by atoms with Gasteiger partial charge in [0.05, 0.1) is 16.3 Å². The quantitative estimate of drug-likeness (QED) is 0.831. The van der Waals surface area contributed by atoms with Crippen LogP contribution in [0.5, 0.6) is 0 Å². The molecule has 0 aliphatic rings. The molecule has 0 spiro atoms. The van der Waals surface area contributed by atoms with E-state index < -0.39 is 11.7 Å². The summed E-state index contributed by atoms with van der Waals surface area (Å²) in [6.07, 6.45) is -4.46. The summed E-state index contributed by atoms with van der Waals surface area (Å²) in [5, 5.41) is 3.24. The molecule has 0 saturated heterocycles. The summed E-state index contributed by atoms with van der Waals surface area (Å²) in [6, 6.07) is 6.43. The Hall–Kier alpha value is -1.46. The molecule has 2 nitrogen and oxygen atoms in total. The first-order valence-corrected chi connectivity index (χ1v) is 6.29. The lowest BCUT2D eigenvalue weighted by Crippen LogP contribution is -2.07. The van der Waals surface area contributed by atoms with Gasteiger partial charge in [0.15, 0.2) is 0 Å². The minimum Gasteiger partial charge on any atom is -0.373 e. The molecule has 0 aliphatic carbocycles. The van der Waals surface area contributed by atoms with Gasteiger partial charge in [-0.25, -0.2) is 4.98 Å². The van der Waals surface area contributed by atoms with Crippen molar-refractivity contribution in [3.8, 4) is 11.3 Å². The molecule has 0 unspecified atom stereocenters. The molecule has 2 aromatic rings. The molecular weight excluding hydrogens is 312 g/mol. The fraction of sp³-hybridized carbons (Fsp3) is 0.154. The molecule has 0 bridgehead atoms. The van der Waals surface area contributed by atoms with Gasteiger partial charge in [0.2, 0.25) is 0 Å². The predicted molar refractivity (Wildman–Crippen MR) is 74.2 cm³/mol. The number of nitrogens with one attached hydrogen (secondary N) is 1. The molecule has 7 heteroatoms. The van der Waals surface area contributed by atoms with E-state index in [2.05, 4.69) is 10.3 Å². The van der Waals surface area contributed by atoms with Crippen molar-refractivity contribution in [1.29, 1.82) is 0 Å². The van der Waals surface area contributed by atoms with E-state index in [-0.39, 0.29) is 16.5 Å². The first-order valence-electron chi connectivity index (χ1n) is 5.53. The van der Waals surface area contributed by atoms with Gasteiger partial charge in [-0.2, -0.15) is 13.2 Å². The number of aromatic nitrogens is 1. The molecule has 0 atom stereocenters. The minimum atomic E-state index is -4.46. The Morgan fingerprint density at radius 2 is 1.80 bits per heavy atom. The minimum absolute atomic E-state index is 0.112. The lowest BCUT2D eigenvalue weighted by Gasteiger charge is -2.12. The first-order chi connectivity index (χ1) is 9.31. The number of benzene rings is 1. The van der Waals surface area contributed by atoms with Gasteiger partial charge in [-0.05, 0) is 30.3 Å². The first kappa shape index (κ1) is 14.9. The number of rotatable bonds is 2. The Labute approximate surface area is 123 Å². The van der Waals surface area contributed by atoms with Crippen LogP contribution in [0.1, 0.15) is 5.56 Å². The van der Waals surface area contributed by atoms with E-state index in [9.17, 15) is 13.2 Å². The number of pyridine rings is 1. The van der Waals surface area contributed by atoms with E-state index in [0.717, 1.165) is 12.1 Å². The smallest absolute Gasteiger partial charge is 0.373 e. The Balaban J connectivity index is 2.61. The van der Waals surface area contributed by atoms with Gasteiger partial charge in [0, 0.05) is 17.6 Å². The molecule has 2 rings (SSSR count). The van der Waals surface area contributed by atoms with Crippen LogP contribution < -0.4 is 5.32 Å². The van der Waals surface area contributed by atoms with Crippen molar-refractivity contribution in [1.82, 2.24) is 4.98 Å². The number of alkyl halides is 3. The van der Waals surface area contributed by atoms with Crippen LogP contribution >= 0.6 is 23.2 Å². The van der Waals surface area contributed by atoms with E-state index in [1.807, 2.05) is 0 Å². The molecular formula is C13H9Cl2F3N2. The molecule has 1 aromatic heterocycles. The van der Waals surface area contributed by atoms with Gasteiger partial charge in [-0.1, -0.05) is 23.2 Å². The molecule has 0 radical (unpaired) electrons. The predicted octanol–water partition coefficient (Wildman–Crippen LogP) is 5.12. The van der Waals surface area contributed by atoms with Gasteiger partial charge in [-0.15, -0.1) is 0 Å². The van der Waals surface area contributed by atoms with E-state index in [4.69, 9.17) is 23.2 Å². The van der Waals surface area contributed by atoms with Crippen molar-refractivity contribution in [3.05, 3.63) is 45.9 Å². The maximum atomic E-state index is 12.9. The maximum Gasteiger partial charge on any atom is 0.416 e. The van der Waals surface area contributed by atoms with Crippen LogP contribution in [-0.4, -0.2) is 12.0 Å². The molecule has 0 amide bonds. The van der Waals surface area contributed by atoms with E-state index in [1.165, 1.54) is 19.2 Å². The molecule has 1 N–H and O–H groups in total. The van der Waals surface area contributed by atoms with E-state index in [0.29, 0.717) is 10.6 Å². The summed E-state index contributed by atoms with van der Waals surface area (Å²) in [6.45, 7) is 0. The van der Waals surface area contributed by atoms with Crippen molar-refractivity contribution in [2.45, 2.75) is 6.18 Å². The number of nitrogens with zero attached hydrogens (tertiary/aromatic N) is 1. The summed E-state index contributed by atoms with van der Waals surface area (Å²) >= 11 is 11.8. The third-order valence-corrected chi connectivity index (χ3v) is 3.16. The highest BCUT2D eigenvalue weighted by Crippen LogP contribution is 2.35. The third-order valence-electron chi connectivity index (χ3n) is 2.62. The highest BCUT2D eigenvalue weighted by Gasteiger charge is 2.31. The summed E-state index contributed by atoms with van der Waals surface area (Å²) in [5.41, 5.74) is -0.276. The van der Waals surface area contributed by atoms with E-state index in [1.54, 1.807) is 6.07 Å². The Bertz CT molecular complexity index is 642. The van der Waals surface area contributed by atoms with Crippen LogP contribution in [0.4, 0.5) is 19.0 Å². The second-order valence-corrected chi connectivity index (χ2v) is 4.84. The van der Waals surface area contributed by atoms with Crippen molar-refractivity contribution >= 4 is 29.0 Å². The van der Waals surface area contributed by atoms with Crippen molar-refractivity contribution < 1.29 is 13.2 Å². The highest BCUT2D eigenvalue weighted by molar-refractivity contribution is 6.36. The lowest BCUT2D eigenvalue weighted by atomic mass is 10.1. The molecule has 1 heterocycles. The van der Waals surface area contributed by atoms with Crippen LogP contribution in [-0.2, 0) is 6.18 Å². The number of hydrogen-bond acceptors (Lipinski definition) is 2. The largest absolute Gasteiger partial charge is 0.416 e. The molecule has 0 saturated carbocycles. The van der Waals surface area contributed by atoms with Gasteiger partial charge in [0.25, 0.3) is 0 Å². The topological polar surface area (TPSA) is 24.9 Å². The number of halogens is 5. The Morgan fingerprint density at radius 1 is 1.10 bits per heavy atom. The van der Waals surface area contributed by atoms with Crippen molar-refractivity contribution in [2.75, 3.05) is 12.4 Å². The van der Waals surface area contributed by atoms with Crippen molar-refractivity contribution in [3.63, 3.8) is 0 Å². The summed E-state index contributed by atoms with van der Waals surface area (Å²) in [7, 11) is 1.50. The molecule has 0 aliphatic heterocycles. The molecule has 1 aromatic carbocycles. The Kier molecular flexibility index (Phi) is 4.11. The second-order valence-electron chi connectivity index (χ2n) is 4.00. The Morgan fingerprint density at radius 3 is 2.35 bits per heavy atom. The SMILES string of the molecule is CNc1cc(C(F)(F)F)cc(-c2ccc(Cl)cc2Cl)n1. The van der Waals surface area contributed by atoms with Crippen LogP contribution in [0.15, 0.2) is 30.3 Å². The summed E-state index contributed by atoms with van der Waals surface area (Å²) in [4.78, 5) is 4.09. The van der Waals surface area contributed by atoms with Gasteiger partial charge in [-0.3, -0.25) is 0 Å². The fourth-order valence-corrected chi connectivity index (χ4v) is 2.16.